The minimum absolute atomic E-state index is 0.00971. The molecule has 0 aromatic carbocycles. The lowest BCUT2D eigenvalue weighted by Gasteiger charge is -2.43. The second kappa shape index (κ2) is 26.9. The van der Waals surface area contributed by atoms with Gasteiger partial charge in [-0.25, -0.2) is 9.79 Å². The molecule has 6 amide bonds. The first kappa shape index (κ1) is 51.9. The monoisotopic (exact) mass is 887 g/mol. The number of aliphatic imine (C=N–C) groups is 1. The molecule has 2 saturated heterocycles. The zero-order valence-electron chi connectivity index (χ0n) is 35.2. The Morgan fingerprint density at radius 2 is 1.24 bits per heavy atom. The fraction of sp³-hybridized carbons (Fsp3) is 0.811. The van der Waals surface area contributed by atoms with Gasteiger partial charge in [0, 0.05) is 76.0 Å². The largest absolute Gasteiger partial charge is 0.447 e. The zero-order chi connectivity index (χ0) is 45.8. The lowest BCUT2D eigenvalue weighted by molar-refractivity contribution is -0.198. The molecule has 62 heavy (non-hydrogen) atoms. The first-order valence-corrected chi connectivity index (χ1v) is 21.3. The lowest BCUT2D eigenvalue weighted by Crippen LogP contribution is -2.69. The highest BCUT2D eigenvalue weighted by Gasteiger charge is 2.48. The van der Waals surface area contributed by atoms with E-state index in [9.17, 15) is 44.1 Å². The molecule has 3 rings (SSSR count). The number of carbonyl (C=O) groups excluding carboxylic acids is 6. The summed E-state index contributed by atoms with van der Waals surface area (Å²) in [6.45, 7) is 1.12. The van der Waals surface area contributed by atoms with Crippen molar-refractivity contribution in [3.8, 4) is 0 Å². The van der Waals surface area contributed by atoms with E-state index in [0.717, 1.165) is 6.42 Å². The summed E-state index contributed by atoms with van der Waals surface area (Å²) < 4.78 is 10.6. The third kappa shape index (κ3) is 18.5. The van der Waals surface area contributed by atoms with Crippen LogP contribution in [0.2, 0.25) is 0 Å². The Balaban J connectivity index is 1.30. The number of ether oxygens (including phenoxy) is 2. The maximum absolute atomic E-state index is 13.1. The fourth-order valence-corrected chi connectivity index (χ4v) is 7.20. The smallest absolute Gasteiger partial charge is 0.404 e. The van der Waals surface area contributed by atoms with E-state index in [-0.39, 0.29) is 74.5 Å². The molecule has 2 fully saturated rings. The standard InChI is InChI=1S/C37H70N14O11/c38-9-1-5-19(39)13-25(53)44-10-2-6-20(40)14-26(54)45-11-3-7-21(41)15-27(55)46-12-4-8-22(42)16-28(56)48-31-33(58)32(57)24(18-61-36(43)60)62-35(31)51-37-49-29-23(52)17-47-34(59)30(29)50-37/h19-24,29-33,35,52,57-58H,1-18,38-42H2,(H2,43,60)(H,44,53)(H,45,54)(H,46,55)(H,47,59)(H,48,56)(H2,49,50,51)/t19-,20-,21-,22?,23+,24+,29+,30-,31+,32-,33-,35+/m0/s1. The second-order valence-electron chi connectivity index (χ2n) is 16.1. The molecule has 0 spiro atoms. The van der Waals surface area contributed by atoms with E-state index in [1.807, 2.05) is 0 Å². The highest BCUT2D eigenvalue weighted by atomic mass is 16.6. The predicted octanol–water partition coefficient (Wildman–Crippen LogP) is -6.91. The second-order valence-corrected chi connectivity index (χ2v) is 16.1. The van der Waals surface area contributed by atoms with Crippen LogP contribution in [0.3, 0.4) is 0 Å². The summed E-state index contributed by atoms with van der Waals surface area (Å²) in [5.41, 5.74) is 34.8. The predicted molar refractivity (Wildman–Crippen MR) is 224 cm³/mol. The van der Waals surface area contributed by atoms with Crippen LogP contribution in [0.1, 0.15) is 77.0 Å². The molecule has 22 N–H and O–H groups in total. The Morgan fingerprint density at radius 3 is 1.71 bits per heavy atom. The first-order valence-electron chi connectivity index (χ1n) is 21.3. The van der Waals surface area contributed by atoms with Crippen molar-refractivity contribution in [3.63, 3.8) is 0 Å². The molecule has 0 aromatic heterocycles. The van der Waals surface area contributed by atoms with E-state index >= 15 is 0 Å². The van der Waals surface area contributed by atoms with Crippen LogP contribution >= 0.6 is 0 Å². The number of aliphatic hydroxyl groups excluding tert-OH is 3. The van der Waals surface area contributed by atoms with Crippen LogP contribution in [0, 0.1) is 0 Å². The number of hydrogen-bond donors (Lipinski definition) is 16. The summed E-state index contributed by atoms with van der Waals surface area (Å²) in [5.74, 6) is -1.57. The van der Waals surface area contributed by atoms with Crippen LogP contribution in [0.5, 0.6) is 0 Å². The molecule has 354 valence electrons. The van der Waals surface area contributed by atoms with Gasteiger partial charge in [-0.2, -0.15) is 0 Å². The topological polar surface area (TPSA) is 434 Å². The number of fused-ring (bicyclic) bond motifs is 1. The van der Waals surface area contributed by atoms with Gasteiger partial charge in [-0.3, -0.25) is 24.0 Å². The molecule has 1 unspecified atom stereocenters. The van der Waals surface area contributed by atoms with Crippen LogP contribution in [0.15, 0.2) is 4.99 Å². The van der Waals surface area contributed by atoms with Gasteiger partial charge >= 0.3 is 6.09 Å². The summed E-state index contributed by atoms with van der Waals surface area (Å²) in [6.07, 6.45) is -3.15. The molecular formula is C37H70N14O11. The van der Waals surface area contributed by atoms with Crippen LogP contribution in [0.4, 0.5) is 4.79 Å². The average Bonchev–Trinajstić information content (AvgIpc) is 3.64. The van der Waals surface area contributed by atoms with Crippen molar-refractivity contribution in [2.24, 2.45) is 39.4 Å². The van der Waals surface area contributed by atoms with Gasteiger partial charge in [0.15, 0.2) is 18.2 Å². The Labute approximate surface area is 360 Å². The lowest BCUT2D eigenvalue weighted by atomic mass is 9.95. The maximum atomic E-state index is 13.1. The fourth-order valence-electron chi connectivity index (χ4n) is 7.20. The van der Waals surface area contributed by atoms with Crippen molar-refractivity contribution in [3.05, 3.63) is 0 Å². The molecule has 0 aliphatic carbocycles. The minimum Gasteiger partial charge on any atom is -0.447 e. The third-order valence-electron chi connectivity index (χ3n) is 10.6. The average molecular weight is 887 g/mol. The van der Waals surface area contributed by atoms with E-state index in [1.165, 1.54) is 0 Å². The van der Waals surface area contributed by atoms with Gasteiger partial charge in [0.1, 0.15) is 31.0 Å². The SMILES string of the molecule is NCCC[C@H](N)CC(=O)NCCC[C@H](N)CC(=O)NCCC[C@H](N)CC(=O)NCCCC(N)CC(=O)N[C@@H]1[C@H](O)[C@@H](O)[C@@H](COC(N)=O)O[C@H]1NC1=N[C@@H]2C(=O)NC[C@@H](O)[C@H]2N1. The van der Waals surface area contributed by atoms with E-state index in [4.69, 9.17) is 43.9 Å². The summed E-state index contributed by atoms with van der Waals surface area (Å²) in [6, 6.07) is -4.65. The van der Waals surface area contributed by atoms with Crippen molar-refractivity contribution >= 4 is 41.6 Å². The van der Waals surface area contributed by atoms with E-state index in [0.29, 0.717) is 64.6 Å². The molecule has 3 aliphatic rings. The first-order chi connectivity index (χ1) is 29.5. The van der Waals surface area contributed by atoms with Crippen molar-refractivity contribution < 1.29 is 53.6 Å². The van der Waals surface area contributed by atoms with Crippen LogP contribution < -0.4 is 71.6 Å². The van der Waals surface area contributed by atoms with Crippen molar-refractivity contribution in [2.75, 3.05) is 39.3 Å². The van der Waals surface area contributed by atoms with Crippen LogP contribution in [-0.2, 0) is 33.4 Å². The number of carbonyl (C=O) groups is 6. The third-order valence-corrected chi connectivity index (χ3v) is 10.6. The van der Waals surface area contributed by atoms with Gasteiger partial charge in [-0.1, -0.05) is 0 Å². The van der Waals surface area contributed by atoms with Crippen molar-refractivity contribution in [1.29, 1.82) is 0 Å². The van der Waals surface area contributed by atoms with Gasteiger partial charge in [0.2, 0.25) is 29.5 Å². The summed E-state index contributed by atoms with van der Waals surface area (Å²) in [4.78, 5) is 77.6. The van der Waals surface area contributed by atoms with Crippen molar-refractivity contribution in [2.45, 2.75) is 150 Å². The van der Waals surface area contributed by atoms with Gasteiger partial charge in [-0.05, 0) is 57.9 Å². The molecule has 25 heteroatoms. The Hall–Kier alpha value is -4.47. The molecular weight excluding hydrogens is 816 g/mol. The molecule has 0 radical (unpaired) electrons. The van der Waals surface area contributed by atoms with Gasteiger partial charge in [-0.15, -0.1) is 0 Å². The van der Waals surface area contributed by atoms with Gasteiger partial charge in [0.25, 0.3) is 0 Å². The number of nitrogens with two attached hydrogens (primary N) is 6. The molecule has 3 aliphatic heterocycles. The number of rotatable bonds is 27. The maximum Gasteiger partial charge on any atom is 0.404 e. The number of nitrogens with zero attached hydrogens (tertiary/aromatic N) is 1. The van der Waals surface area contributed by atoms with Crippen molar-refractivity contribution in [1.82, 2.24) is 37.2 Å². The summed E-state index contributed by atoms with van der Waals surface area (Å²) in [7, 11) is 0. The molecule has 0 bridgehead atoms. The highest BCUT2D eigenvalue weighted by molar-refractivity contribution is 5.92. The Kier molecular flexibility index (Phi) is 22.5. The van der Waals surface area contributed by atoms with E-state index in [1.54, 1.807) is 0 Å². The number of piperidine rings is 1. The normalized spacial score (nSPS) is 26.3. The highest BCUT2D eigenvalue weighted by Crippen LogP contribution is 2.22. The number of hydrogen-bond acceptors (Lipinski definition) is 19. The number of β-amino-alcohol motifs (C(OH)–C–C–N with tert-alkyl or cyclic N) is 1. The molecule has 3 heterocycles. The van der Waals surface area contributed by atoms with Gasteiger partial charge < -0.3 is 96.4 Å². The number of amides is 6. The Bertz CT molecular complexity index is 1500. The van der Waals surface area contributed by atoms with Crippen LogP contribution in [-0.4, -0.2) is 169 Å². The number of aliphatic hydroxyl groups is 3. The molecule has 25 nitrogen and oxygen atoms in total. The quantitative estimate of drug-likeness (QED) is 0.0341. The Morgan fingerprint density at radius 1 is 0.758 bits per heavy atom. The number of primary amides is 1. The number of nitrogens with one attached hydrogen (secondary N) is 7. The molecule has 0 saturated carbocycles. The van der Waals surface area contributed by atoms with Gasteiger partial charge in [0.05, 0.1) is 12.1 Å². The minimum atomic E-state index is -1.64. The van der Waals surface area contributed by atoms with E-state index in [2.05, 4.69) is 42.2 Å². The number of guanidine groups is 1. The molecule has 12 atom stereocenters. The van der Waals surface area contributed by atoms with E-state index < -0.39 is 85.4 Å². The van der Waals surface area contributed by atoms with Crippen LogP contribution in [0.25, 0.3) is 0 Å². The zero-order valence-corrected chi connectivity index (χ0v) is 35.2. The molecule has 0 aromatic rings. The summed E-state index contributed by atoms with van der Waals surface area (Å²) >= 11 is 0. The summed E-state index contributed by atoms with van der Waals surface area (Å²) in [5, 5.41) is 51.4.